The molecular weight excluding hydrogens is 248 g/mol. The van der Waals surface area contributed by atoms with Crippen LogP contribution in [-0.2, 0) is 6.42 Å². The van der Waals surface area contributed by atoms with E-state index in [0.717, 1.165) is 56.5 Å². The lowest BCUT2D eigenvalue weighted by atomic mass is 10.2. The fourth-order valence-corrected chi connectivity index (χ4v) is 2.87. The maximum Gasteiger partial charge on any atom is 0.205 e. The number of rotatable bonds is 5. The molecule has 1 aromatic rings. The predicted molar refractivity (Wildman–Crippen MR) is 74.2 cm³/mol. The van der Waals surface area contributed by atoms with E-state index in [2.05, 4.69) is 26.1 Å². The second-order valence-electron chi connectivity index (χ2n) is 4.70. The van der Waals surface area contributed by atoms with E-state index in [-0.39, 0.29) is 6.10 Å². The largest absolute Gasteiger partial charge is 0.392 e. The summed E-state index contributed by atoms with van der Waals surface area (Å²) in [6, 6.07) is 0. The summed E-state index contributed by atoms with van der Waals surface area (Å²) in [6.07, 6.45) is 1.54. The van der Waals surface area contributed by atoms with Gasteiger partial charge < -0.3 is 10.0 Å². The Morgan fingerprint density at radius 3 is 2.56 bits per heavy atom. The van der Waals surface area contributed by atoms with Crippen molar-refractivity contribution in [2.45, 2.75) is 32.8 Å². The summed E-state index contributed by atoms with van der Waals surface area (Å²) in [4.78, 5) is 9.14. The highest BCUT2D eigenvalue weighted by atomic mass is 32.1. The summed E-state index contributed by atoms with van der Waals surface area (Å²) in [7, 11) is 0. The molecular formula is C12H22N4OS. The molecule has 0 bridgehead atoms. The Morgan fingerprint density at radius 1 is 1.28 bits per heavy atom. The molecule has 1 atom stereocenters. The van der Waals surface area contributed by atoms with E-state index in [4.69, 9.17) is 0 Å². The molecule has 0 radical (unpaired) electrons. The average molecular weight is 270 g/mol. The van der Waals surface area contributed by atoms with Crippen LogP contribution in [0.5, 0.6) is 0 Å². The molecule has 5 nitrogen and oxygen atoms in total. The quantitative estimate of drug-likeness (QED) is 0.865. The first-order valence-corrected chi connectivity index (χ1v) is 7.48. The monoisotopic (exact) mass is 270 g/mol. The van der Waals surface area contributed by atoms with Gasteiger partial charge in [-0.25, -0.2) is 4.98 Å². The van der Waals surface area contributed by atoms with Crippen molar-refractivity contribution in [3.05, 3.63) is 5.82 Å². The number of hydrogen-bond acceptors (Lipinski definition) is 6. The van der Waals surface area contributed by atoms with Crippen LogP contribution in [0.15, 0.2) is 0 Å². The number of aryl methyl sites for hydroxylation is 1. The van der Waals surface area contributed by atoms with E-state index in [9.17, 15) is 5.11 Å². The highest BCUT2D eigenvalue weighted by Crippen LogP contribution is 2.19. The molecule has 1 N–H and O–H groups in total. The van der Waals surface area contributed by atoms with Crippen LogP contribution in [0.1, 0.15) is 26.1 Å². The molecule has 102 valence electrons. The smallest absolute Gasteiger partial charge is 0.205 e. The first kappa shape index (κ1) is 13.7. The molecule has 1 fully saturated rings. The Balaban J connectivity index is 1.82. The van der Waals surface area contributed by atoms with Gasteiger partial charge in [0.25, 0.3) is 0 Å². The first-order chi connectivity index (χ1) is 8.72. The molecule has 0 amide bonds. The lowest BCUT2D eigenvalue weighted by Gasteiger charge is -2.35. The fourth-order valence-electron chi connectivity index (χ4n) is 2.07. The van der Waals surface area contributed by atoms with Gasteiger partial charge >= 0.3 is 0 Å². The zero-order valence-electron chi connectivity index (χ0n) is 11.2. The Bertz CT molecular complexity index is 363. The van der Waals surface area contributed by atoms with Gasteiger partial charge in [0.1, 0.15) is 5.82 Å². The molecule has 1 aromatic heterocycles. The summed E-state index contributed by atoms with van der Waals surface area (Å²) in [6.45, 7) is 8.85. The Labute approximate surface area is 113 Å². The van der Waals surface area contributed by atoms with Gasteiger partial charge in [0, 0.05) is 50.7 Å². The summed E-state index contributed by atoms with van der Waals surface area (Å²) in [5.74, 6) is 0.943. The molecule has 18 heavy (non-hydrogen) atoms. The fraction of sp³-hybridized carbons (Fsp3) is 0.833. The number of aromatic nitrogens is 2. The van der Waals surface area contributed by atoms with Gasteiger partial charge in [0.2, 0.25) is 5.13 Å². The van der Waals surface area contributed by atoms with Gasteiger partial charge in [-0.2, -0.15) is 4.37 Å². The van der Waals surface area contributed by atoms with Crippen LogP contribution in [-0.4, -0.2) is 58.2 Å². The highest BCUT2D eigenvalue weighted by Gasteiger charge is 2.20. The van der Waals surface area contributed by atoms with Crippen molar-refractivity contribution in [3.63, 3.8) is 0 Å². The van der Waals surface area contributed by atoms with E-state index >= 15 is 0 Å². The normalized spacial score (nSPS) is 19.2. The van der Waals surface area contributed by atoms with Crippen molar-refractivity contribution in [2.75, 3.05) is 37.6 Å². The van der Waals surface area contributed by atoms with Crippen LogP contribution in [0.3, 0.4) is 0 Å². The molecule has 6 heteroatoms. The van der Waals surface area contributed by atoms with Gasteiger partial charge in [-0.3, -0.25) is 4.90 Å². The number of piperazine rings is 1. The highest BCUT2D eigenvalue weighted by molar-refractivity contribution is 7.09. The van der Waals surface area contributed by atoms with Crippen molar-refractivity contribution in [2.24, 2.45) is 0 Å². The minimum Gasteiger partial charge on any atom is -0.392 e. The molecule has 0 unspecified atom stereocenters. The molecule has 1 aliphatic heterocycles. The SMILES string of the molecule is CCc1nsc(N2CCN(C[C@H](O)CC)CC2)n1. The molecule has 1 aliphatic rings. The summed E-state index contributed by atoms with van der Waals surface area (Å²) < 4.78 is 4.33. The molecule has 1 saturated heterocycles. The third-order valence-electron chi connectivity index (χ3n) is 3.36. The van der Waals surface area contributed by atoms with Crippen LogP contribution >= 0.6 is 11.5 Å². The third-order valence-corrected chi connectivity index (χ3v) is 4.17. The average Bonchev–Trinajstić information content (AvgIpc) is 2.88. The van der Waals surface area contributed by atoms with Gasteiger partial charge in [0.05, 0.1) is 6.10 Å². The zero-order valence-corrected chi connectivity index (χ0v) is 12.0. The zero-order chi connectivity index (χ0) is 13.0. The third kappa shape index (κ3) is 3.40. The van der Waals surface area contributed by atoms with Crippen molar-refractivity contribution in [3.8, 4) is 0 Å². The minimum atomic E-state index is -0.190. The summed E-state index contributed by atoms with van der Waals surface area (Å²) >= 11 is 1.50. The molecule has 0 saturated carbocycles. The van der Waals surface area contributed by atoms with Crippen molar-refractivity contribution < 1.29 is 5.11 Å². The molecule has 2 heterocycles. The molecule has 0 aromatic carbocycles. The van der Waals surface area contributed by atoms with Crippen molar-refractivity contribution >= 4 is 16.7 Å². The Morgan fingerprint density at radius 2 is 2.00 bits per heavy atom. The van der Waals surface area contributed by atoms with E-state index < -0.39 is 0 Å². The summed E-state index contributed by atoms with van der Waals surface area (Å²) in [5.41, 5.74) is 0. The topological polar surface area (TPSA) is 52.5 Å². The van der Waals surface area contributed by atoms with Gasteiger partial charge in [-0.15, -0.1) is 0 Å². The van der Waals surface area contributed by atoms with Gasteiger partial charge in [-0.05, 0) is 6.42 Å². The predicted octanol–water partition coefficient (Wildman–Crippen LogP) is 0.993. The van der Waals surface area contributed by atoms with Gasteiger partial charge in [-0.1, -0.05) is 13.8 Å². The van der Waals surface area contributed by atoms with E-state index in [1.165, 1.54) is 11.5 Å². The standard InChI is InChI=1S/C12H22N4OS/c1-3-10(17)9-15-5-7-16(8-6-15)12-13-11(4-2)14-18-12/h10,17H,3-9H2,1-2H3/t10-/m1/s1. The van der Waals surface area contributed by atoms with Crippen molar-refractivity contribution in [1.82, 2.24) is 14.3 Å². The van der Waals surface area contributed by atoms with Crippen LogP contribution in [0.2, 0.25) is 0 Å². The summed E-state index contributed by atoms with van der Waals surface area (Å²) in [5, 5.41) is 10.7. The number of nitrogens with zero attached hydrogens (tertiary/aromatic N) is 4. The van der Waals surface area contributed by atoms with E-state index in [0.29, 0.717) is 0 Å². The second kappa shape index (κ2) is 6.45. The van der Waals surface area contributed by atoms with Gasteiger partial charge in [0.15, 0.2) is 0 Å². The number of anilines is 1. The molecule has 0 spiro atoms. The first-order valence-electron chi connectivity index (χ1n) is 6.70. The minimum absolute atomic E-state index is 0.190. The number of aliphatic hydroxyl groups excluding tert-OH is 1. The van der Waals surface area contributed by atoms with Crippen LogP contribution in [0.4, 0.5) is 5.13 Å². The van der Waals surface area contributed by atoms with Crippen LogP contribution in [0, 0.1) is 0 Å². The van der Waals surface area contributed by atoms with Crippen LogP contribution < -0.4 is 4.90 Å². The van der Waals surface area contributed by atoms with E-state index in [1.54, 1.807) is 0 Å². The van der Waals surface area contributed by atoms with Crippen LogP contribution in [0.25, 0.3) is 0 Å². The lowest BCUT2D eigenvalue weighted by molar-refractivity contribution is 0.106. The number of β-amino-alcohol motifs (C(OH)–C–C–N with tert-alkyl or cyclic N) is 1. The Kier molecular flexibility index (Phi) is 4.91. The van der Waals surface area contributed by atoms with E-state index in [1.807, 2.05) is 6.92 Å². The number of hydrogen-bond donors (Lipinski definition) is 1. The maximum absolute atomic E-state index is 9.65. The lowest BCUT2D eigenvalue weighted by Crippen LogP contribution is -2.48. The van der Waals surface area contributed by atoms with Crippen molar-refractivity contribution in [1.29, 1.82) is 0 Å². The molecule has 2 rings (SSSR count). The molecule has 0 aliphatic carbocycles. The Hall–Kier alpha value is -0.720. The number of aliphatic hydroxyl groups is 1. The maximum atomic E-state index is 9.65. The second-order valence-corrected chi connectivity index (χ2v) is 5.43.